The summed E-state index contributed by atoms with van der Waals surface area (Å²) in [6.45, 7) is 0. The number of carbonyl (C=O) groups is 2. The first-order chi connectivity index (χ1) is 7.49. The van der Waals surface area contributed by atoms with Crippen LogP contribution < -0.4 is 0 Å². The highest BCUT2D eigenvalue weighted by atomic mass is 79.9. The second-order valence-electron chi connectivity index (χ2n) is 3.46. The standard InChI is InChI=1S/C11H11BrO4/c12-9-3-1-7(2-4-9)5-8(11(15)16)6-10(13)14/h1-4,8H,5-6H2,(H,13,14)(H,15,16)/t8-/m0/s1. The molecular formula is C11H11BrO4. The fraction of sp³-hybridized carbons (Fsp3) is 0.273. The molecule has 0 saturated heterocycles. The Morgan fingerprint density at radius 3 is 2.19 bits per heavy atom. The highest BCUT2D eigenvalue weighted by Crippen LogP contribution is 2.16. The number of halogens is 1. The minimum atomic E-state index is -1.09. The lowest BCUT2D eigenvalue weighted by atomic mass is 9.96. The van der Waals surface area contributed by atoms with Gasteiger partial charge in [-0.1, -0.05) is 28.1 Å². The monoisotopic (exact) mass is 286 g/mol. The lowest BCUT2D eigenvalue weighted by Crippen LogP contribution is -2.20. The number of carboxylic acid groups (broad SMARTS) is 2. The van der Waals surface area contributed by atoms with Crippen LogP contribution in [0.2, 0.25) is 0 Å². The molecule has 0 radical (unpaired) electrons. The zero-order valence-electron chi connectivity index (χ0n) is 8.39. The van der Waals surface area contributed by atoms with Gasteiger partial charge in [-0.25, -0.2) is 0 Å². The molecule has 0 saturated carbocycles. The molecule has 1 rings (SSSR count). The van der Waals surface area contributed by atoms with Gasteiger partial charge in [0, 0.05) is 4.47 Å². The Morgan fingerprint density at radius 1 is 1.19 bits per heavy atom. The van der Waals surface area contributed by atoms with Crippen LogP contribution in [0.4, 0.5) is 0 Å². The molecule has 0 aromatic heterocycles. The topological polar surface area (TPSA) is 74.6 Å². The van der Waals surface area contributed by atoms with Crippen molar-refractivity contribution in [3.05, 3.63) is 34.3 Å². The third kappa shape index (κ3) is 4.02. The van der Waals surface area contributed by atoms with Gasteiger partial charge >= 0.3 is 11.9 Å². The average Bonchev–Trinajstić information content (AvgIpc) is 2.19. The summed E-state index contributed by atoms with van der Waals surface area (Å²) in [5.74, 6) is -3.05. The van der Waals surface area contributed by atoms with Gasteiger partial charge in [0.15, 0.2) is 0 Å². The van der Waals surface area contributed by atoms with Crippen molar-refractivity contribution >= 4 is 27.9 Å². The quantitative estimate of drug-likeness (QED) is 0.870. The molecule has 86 valence electrons. The van der Waals surface area contributed by atoms with Crippen LogP contribution in [-0.4, -0.2) is 22.2 Å². The molecule has 0 aliphatic heterocycles. The Morgan fingerprint density at radius 2 is 1.75 bits per heavy atom. The first kappa shape index (κ1) is 12.7. The zero-order chi connectivity index (χ0) is 12.1. The molecule has 0 amide bonds. The minimum Gasteiger partial charge on any atom is -0.481 e. The van der Waals surface area contributed by atoms with E-state index in [1.807, 2.05) is 0 Å². The van der Waals surface area contributed by atoms with Crippen molar-refractivity contribution in [1.29, 1.82) is 0 Å². The van der Waals surface area contributed by atoms with E-state index in [9.17, 15) is 9.59 Å². The summed E-state index contributed by atoms with van der Waals surface area (Å²) in [7, 11) is 0. The lowest BCUT2D eigenvalue weighted by molar-refractivity contribution is -0.148. The van der Waals surface area contributed by atoms with Crippen LogP contribution in [0, 0.1) is 5.92 Å². The highest BCUT2D eigenvalue weighted by molar-refractivity contribution is 9.10. The molecule has 1 aromatic rings. The Balaban J connectivity index is 2.71. The van der Waals surface area contributed by atoms with Gasteiger partial charge in [0.25, 0.3) is 0 Å². The average molecular weight is 287 g/mol. The zero-order valence-corrected chi connectivity index (χ0v) is 9.98. The molecule has 5 heteroatoms. The van der Waals surface area contributed by atoms with Crippen LogP contribution in [-0.2, 0) is 16.0 Å². The van der Waals surface area contributed by atoms with Crippen LogP contribution >= 0.6 is 15.9 Å². The van der Waals surface area contributed by atoms with E-state index in [4.69, 9.17) is 10.2 Å². The van der Waals surface area contributed by atoms with Gasteiger partial charge in [-0.2, -0.15) is 0 Å². The molecule has 1 aromatic carbocycles. The number of benzene rings is 1. The van der Waals surface area contributed by atoms with Crippen molar-refractivity contribution in [2.24, 2.45) is 5.92 Å². The third-order valence-electron chi connectivity index (χ3n) is 2.17. The van der Waals surface area contributed by atoms with Crippen molar-refractivity contribution < 1.29 is 19.8 Å². The molecule has 16 heavy (non-hydrogen) atoms. The molecule has 0 aliphatic carbocycles. The van der Waals surface area contributed by atoms with Gasteiger partial charge in [-0.3, -0.25) is 9.59 Å². The number of carboxylic acids is 2. The predicted molar refractivity (Wildman–Crippen MR) is 61.2 cm³/mol. The fourth-order valence-electron chi connectivity index (χ4n) is 1.36. The van der Waals surface area contributed by atoms with E-state index < -0.39 is 17.9 Å². The van der Waals surface area contributed by atoms with E-state index in [0.717, 1.165) is 10.0 Å². The van der Waals surface area contributed by atoms with Gasteiger partial charge in [-0.15, -0.1) is 0 Å². The summed E-state index contributed by atoms with van der Waals surface area (Å²) in [5.41, 5.74) is 0.817. The van der Waals surface area contributed by atoms with Gasteiger partial charge in [-0.05, 0) is 24.1 Å². The largest absolute Gasteiger partial charge is 0.481 e. The molecule has 4 nitrogen and oxygen atoms in total. The smallest absolute Gasteiger partial charge is 0.307 e. The van der Waals surface area contributed by atoms with Gasteiger partial charge in [0.1, 0.15) is 0 Å². The summed E-state index contributed by atoms with van der Waals surface area (Å²) in [5, 5.41) is 17.4. The second-order valence-corrected chi connectivity index (χ2v) is 4.38. The summed E-state index contributed by atoms with van der Waals surface area (Å²) in [4.78, 5) is 21.3. The predicted octanol–water partition coefficient (Wildman–Crippen LogP) is 2.17. The lowest BCUT2D eigenvalue weighted by Gasteiger charge is -2.09. The van der Waals surface area contributed by atoms with Crippen LogP contribution in [0.15, 0.2) is 28.7 Å². The van der Waals surface area contributed by atoms with E-state index in [2.05, 4.69) is 15.9 Å². The maximum atomic E-state index is 10.8. The number of rotatable bonds is 5. The first-order valence-corrected chi connectivity index (χ1v) is 5.47. The van der Waals surface area contributed by atoms with Crippen LogP contribution in [0.25, 0.3) is 0 Å². The summed E-state index contributed by atoms with van der Waals surface area (Å²) in [6.07, 6.45) is -0.125. The molecule has 1 atom stereocenters. The van der Waals surface area contributed by atoms with E-state index >= 15 is 0 Å². The van der Waals surface area contributed by atoms with Crippen molar-refractivity contribution in [2.75, 3.05) is 0 Å². The highest BCUT2D eigenvalue weighted by Gasteiger charge is 2.21. The molecule has 0 unspecified atom stereocenters. The van der Waals surface area contributed by atoms with Gasteiger partial charge < -0.3 is 10.2 Å². The number of hydrogen-bond donors (Lipinski definition) is 2. The van der Waals surface area contributed by atoms with E-state index in [1.165, 1.54) is 0 Å². The van der Waals surface area contributed by atoms with Gasteiger partial charge in [0.05, 0.1) is 12.3 Å². The first-order valence-electron chi connectivity index (χ1n) is 4.68. The maximum Gasteiger partial charge on any atom is 0.307 e. The summed E-state index contributed by atoms with van der Waals surface area (Å²) in [6, 6.07) is 7.16. The Hall–Kier alpha value is -1.36. The molecule has 0 bridgehead atoms. The summed E-state index contributed by atoms with van der Waals surface area (Å²) < 4.78 is 0.904. The van der Waals surface area contributed by atoms with Crippen LogP contribution in [0.3, 0.4) is 0 Å². The third-order valence-corrected chi connectivity index (χ3v) is 2.69. The normalized spacial score (nSPS) is 12.1. The van der Waals surface area contributed by atoms with Crippen molar-refractivity contribution in [2.45, 2.75) is 12.8 Å². The van der Waals surface area contributed by atoms with Gasteiger partial charge in [0.2, 0.25) is 0 Å². The molecular weight excluding hydrogens is 276 g/mol. The SMILES string of the molecule is O=C(O)C[C@H](Cc1ccc(Br)cc1)C(=O)O. The van der Waals surface area contributed by atoms with Crippen molar-refractivity contribution in [3.8, 4) is 0 Å². The van der Waals surface area contributed by atoms with Crippen molar-refractivity contribution in [1.82, 2.24) is 0 Å². The van der Waals surface area contributed by atoms with Crippen LogP contribution in [0.5, 0.6) is 0 Å². The number of aliphatic carboxylic acids is 2. The Bertz CT molecular complexity index is 385. The van der Waals surface area contributed by atoms with Crippen molar-refractivity contribution in [3.63, 3.8) is 0 Å². The molecule has 0 aliphatic rings. The molecule has 0 spiro atoms. The van der Waals surface area contributed by atoms with E-state index in [0.29, 0.717) is 0 Å². The maximum absolute atomic E-state index is 10.8. The Kier molecular flexibility index (Phi) is 4.49. The number of hydrogen-bond acceptors (Lipinski definition) is 2. The van der Waals surface area contributed by atoms with E-state index in [1.54, 1.807) is 24.3 Å². The second kappa shape index (κ2) is 5.65. The molecule has 0 heterocycles. The summed E-state index contributed by atoms with van der Waals surface area (Å²) >= 11 is 3.27. The molecule has 2 N–H and O–H groups in total. The molecule has 0 fully saturated rings. The van der Waals surface area contributed by atoms with E-state index in [-0.39, 0.29) is 12.8 Å². The van der Waals surface area contributed by atoms with Crippen LogP contribution in [0.1, 0.15) is 12.0 Å². The fourth-order valence-corrected chi connectivity index (χ4v) is 1.63. The Labute approximate surface area is 101 Å². The minimum absolute atomic E-state index is 0.231.